The van der Waals surface area contributed by atoms with E-state index in [1.54, 1.807) is 0 Å². The van der Waals surface area contributed by atoms with Gasteiger partial charge in [-0.05, 0) is 6.42 Å². The molecule has 1 rings (SSSR count). The Balaban J connectivity index is 2.12. The Kier molecular flexibility index (Phi) is 4.28. The van der Waals surface area contributed by atoms with Crippen LogP contribution in [0.25, 0.3) is 0 Å². The van der Waals surface area contributed by atoms with Gasteiger partial charge in [0.2, 0.25) is 0 Å². The van der Waals surface area contributed by atoms with Crippen molar-refractivity contribution in [3.8, 4) is 0 Å². The van der Waals surface area contributed by atoms with Gasteiger partial charge in [-0.2, -0.15) is 9.49 Å². The fourth-order valence-corrected chi connectivity index (χ4v) is 1.36. The summed E-state index contributed by atoms with van der Waals surface area (Å²) < 4.78 is 14.0. The van der Waals surface area contributed by atoms with E-state index in [0.717, 1.165) is 17.3 Å². The summed E-state index contributed by atoms with van der Waals surface area (Å²) in [5, 5.41) is 5.19. The maximum atomic E-state index is 13.1. The summed E-state index contributed by atoms with van der Waals surface area (Å²) in [5.74, 6) is 0. The molecule has 0 bridgehead atoms. The van der Waals surface area contributed by atoms with Crippen LogP contribution in [-0.4, -0.2) is 28.7 Å². The largest absolute Gasteiger partial charge is 0.278 e. The smallest absolute Gasteiger partial charge is 0.244 e. The molecule has 0 saturated carbocycles. The van der Waals surface area contributed by atoms with Gasteiger partial charge in [0.25, 0.3) is 6.42 Å². The molecule has 0 N–H and O–H groups in total. The zero-order valence-electron chi connectivity index (χ0n) is 7.79. The van der Waals surface area contributed by atoms with Crippen molar-refractivity contribution in [1.82, 2.24) is 9.43 Å². The van der Waals surface area contributed by atoms with Crippen LogP contribution >= 0.6 is 11.8 Å². The molecule has 0 saturated heterocycles. The average Bonchev–Trinajstić information content (AvgIpc) is 2.43. The summed E-state index contributed by atoms with van der Waals surface area (Å²) in [6, 6.07) is 0. The molecule has 0 aromatic rings. The lowest BCUT2D eigenvalue weighted by Gasteiger charge is -2.18. The molecule has 0 spiro atoms. The molecule has 1 aliphatic heterocycles. The molecular formula is C8H15ClFN3. The summed E-state index contributed by atoms with van der Waals surface area (Å²) >= 11 is 5.46. The topological polar surface area (TPSA) is 18.8 Å². The van der Waals surface area contributed by atoms with Crippen LogP contribution in [0.15, 0.2) is 5.10 Å². The van der Waals surface area contributed by atoms with Crippen molar-refractivity contribution in [1.29, 1.82) is 0 Å². The van der Waals surface area contributed by atoms with E-state index in [1.165, 1.54) is 24.2 Å². The minimum atomic E-state index is -1.29. The number of alkyl halides is 1. The Labute approximate surface area is 83.3 Å². The summed E-state index contributed by atoms with van der Waals surface area (Å²) in [7, 11) is 0. The standard InChI is InChI=1S/C8H15ClFN3/c1-2-3-4-5-6-13-8(10)12(9)7-11-13/h7-8H,2-6H2,1H3. The predicted molar refractivity (Wildman–Crippen MR) is 51.9 cm³/mol. The Bertz CT molecular complexity index is 177. The third-order valence-corrected chi connectivity index (χ3v) is 2.25. The quantitative estimate of drug-likeness (QED) is 0.392. The van der Waals surface area contributed by atoms with Gasteiger partial charge in [-0.3, -0.25) is 0 Å². The number of hydrogen-bond acceptors (Lipinski definition) is 3. The molecule has 1 atom stereocenters. The van der Waals surface area contributed by atoms with Crippen LogP contribution in [0, 0.1) is 0 Å². The number of unbranched alkanes of at least 4 members (excludes halogenated alkanes) is 3. The van der Waals surface area contributed by atoms with Crippen molar-refractivity contribution in [2.45, 2.75) is 39.0 Å². The molecule has 13 heavy (non-hydrogen) atoms. The van der Waals surface area contributed by atoms with Crippen molar-refractivity contribution < 1.29 is 4.39 Å². The summed E-state index contributed by atoms with van der Waals surface area (Å²) in [6.07, 6.45) is 4.48. The van der Waals surface area contributed by atoms with Crippen molar-refractivity contribution in [3.05, 3.63) is 0 Å². The van der Waals surface area contributed by atoms with E-state index in [-0.39, 0.29) is 0 Å². The third kappa shape index (κ3) is 3.03. The van der Waals surface area contributed by atoms with E-state index >= 15 is 0 Å². The Morgan fingerprint density at radius 1 is 1.46 bits per heavy atom. The number of halogens is 2. The van der Waals surface area contributed by atoms with E-state index in [4.69, 9.17) is 11.8 Å². The second kappa shape index (κ2) is 5.27. The van der Waals surface area contributed by atoms with E-state index in [1.807, 2.05) is 0 Å². The molecule has 0 amide bonds. The lowest BCUT2D eigenvalue weighted by atomic mass is 10.2. The van der Waals surface area contributed by atoms with Crippen molar-refractivity contribution in [2.75, 3.05) is 6.54 Å². The van der Waals surface area contributed by atoms with Gasteiger partial charge in [0, 0.05) is 18.3 Å². The van der Waals surface area contributed by atoms with E-state index in [2.05, 4.69) is 12.0 Å². The SMILES string of the molecule is CCCCCCN1N=CN(Cl)C1F. The third-order valence-electron chi connectivity index (χ3n) is 2.00. The second-order valence-corrected chi connectivity index (χ2v) is 3.50. The number of hydrazone groups is 1. The van der Waals surface area contributed by atoms with Crippen molar-refractivity contribution >= 4 is 18.1 Å². The highest BCUT2D eigenvalue weighted by molar-refractivity contribution is 6.19. The molecule has 3 nitrogen and oxygen atoms in total. The maximum absolute atomic E-state index is 13.1. The molecule has 0 fully saturated rings. The highest BCUT2D eigenvalue weighted by atomic mass is 35.5. The van der Waals surface area contributed by atoms with Crippen LogP contribution in [0.4, 0.5) is 4.39 Å². The Morgan fingerprint density at radius 2 is 2.23 bits per heavy atom. The van der Waals surface area contributed by atoms with Gasteiger partial charge >= 0.3 is 0 Å². The molecule has 0 radical (unpaired) electrons. The summed E-state index contributed by atoms with van der Waals surface area (Å²) in [6.45, 7) is 2.79. The van der Waals surface area contributed by atoms with Gasteiger partial charge in [0.05, 0.1) is 0 Å². The summed E-state index contributed by atoms with van der Waals surface area (Å²) in [5.41, 5.74) is 0. The highest BCUT2D eigenvalue weighted by Crippen LogP contribution is 2.16. The molecule has 0 aromatic carbocycles. The Hall–Kier alpha value is -0.510. The molecule has 1 unspecified atom stereocenters. The minimum absolute atomic E-state index is 0.640. The first-order chi connectivity index (χ1) is 6.25. The van der Waals surface area contributed by atoms with Crippen LogP contribution in [0.2, 0.25) is 0 Å². The first kappa shape index (κ1) is 10.6. The van der Waals surface area contributed by atoms with Gasteiger partial charge in [0.15, 0.2) is 0 Å². The van der Waals surface area contributed by atoms with E-state index in [9.17, 15) is 4.39 Å². The van der Waals surface area contributed by atoms with Crippen LogP contribution in [0.5, 0.6) is 0 Å². The molecule has 76 valence electrons. The second-order valence-electron chi connectivity index (χ2n) is 3.11. The average molecular weight is 208 g/mol. The van der Waals surface area contributed by atoms with Gasteiger partial charge < -0.3 is 0 Å². The van der Waals surface area contributed by atoms with Crippen molar-refractivity contribution in [2.24, 2.45) is 5.10 Å². The first-order valence-corrected chi connectivity index (χ1v) is 4.98. The fraction of sp³-hybridized carbons (Fsp3) is 0.875. The van der Waals surface area contributed by atoms with Gasteiger partial charge in [0.1, 0.15) is 6.34 Å². The number of rotatable bonds is 5. The highest BCUT2D eigenvalue weighted by Gasteiger charge is 2.25. The Morgan fingerprint density at radius 3 is 2.77 bits per heavy atom. The molecule has 0 aliphatic carbocycles. The molecule has 5 heteroatoms. The molecule has 1 heterocycles. The fourth-order valence-electron chi connectivity index (χ4n) is 1.22. The minimum Gasteiger partial charge on any atom is -0.244 e. The lowest BCUT2D eigenvalue weighted by molar-refractivity contribution is 0.0508. The first-order valence-electron chi connectivity index (χ1n) is 4.64. The van der Waals surface area contributed by atoms with E-state index < -0.39 is 6.42 Å². The van der Waals surface area contributed by atoms with Crippen LogP contribution in [0.1, 0.15) is 32.6 Å². The molecule has 0 aromatic heterocycles. The van der Waals surface area contributed by atoms with Crippen LogP contribution in [-0.2, 0) is 0 Å². The lowest BCUT2D eigenvalue weighted by Crippen LogP contribution is -2.31. The van der Waals surface area contributed by atoms with Crippen LogP contribution in [0.3, 0.4) is 0 Å². The molecular weight excluding hydrogens is 193 g/mol. The number of hydrogen-bond donors (Lipinski definition) is 0. The molecule has 1 aliphatic rings. The van der Waals surface area contributed by atoms with Gasteiger partial charge in [-0.15, -0.1) is 0 Å². The zero-order chi connectivity index (χ0) is 9.68. The monoisotopic (exact) mass is 207 g/mol. The summed E-state index contributed by atoms with van der Waals surface area (Å²) in [4.78, 5) is 0. The number of nitrogens with zero attached hydrogens (tertiary/aromatic N) is 3. The van der Waals surface area contributed by atoms with Crippen molar-refractivity contribution in [3.63, 3.8) is 0 Å². The zero-order valence-corrected chi connectivity index (χ0v) is 8.54. The van der Waals surface area contributed by atoms with Crippen LogP contribution < -0.4 is 0 Å². The van der Waals surface area contributed by atoms with Gasteiger partial charge in [-0.25, -0.2) is 9.43 Å². The normalized spacial score (nSPS) is 21.6. The predicted octanol–water partition coefficient (Wildman–Crippen LogP) is 2.53. The maximum Gasteiger partial charge on any atom is 0.278 e. The van der Waals surface area contributed by atoms with E-state index in [0.29, 0.717) is 6.54 Å². The van der Waals surface area contributed by atoms with Gasteiger partial charge in [-0.1, -0.05) is 26.2 Å².